The predicted molar refractivity (Wildman–Crippen MR) is 53.4 cm³/mol. The fraction of sp³-hybridized carbons (Fsp3) is 0.273. The van der Waals surface area contributed by atoms with Gasteiger partial charge in [0.15, 0.2) is 5.78 Å². The number of hydrogen-bond donors (Lipinski definition) is 1. The zero-order valence-electron chi connectivity index (χ0n) is 8.18. The Kier molecular flexibility index (Phi) is 4.50. The highest BCUT2D eigenvalue weighted by molar-refractivity contribution is 5.95. The van der Waals surface area contributed by atoms with E-state index in [-0.39, 0.29) is 6.61 Å². The fourth-order valence-electron chi connectivity index (χ4n) is 1.08. The summed E-state index contributed by atoms with van der Waals surface area (Å²) in [5.41, 5.74) is 0.959. The SMILES string of the molecule is O=C(O)CC(=O)COCc1ccccc1. The Morgan fingerprint density at radius 2 is 1.87 bits per heavy atom. The molecule has 0 aliphatic heterocycles. The number of ether oxygens (including phenoxy) is 1. The first-order chi connectivity index (χ1) is 7.18. The second-order valence-corrected chi connectivity index (χ2v) is 3.09. The van der Waals surface area contributed by atoms with E-state index in [1.165, 1.54) is 0 Å². The third-order valence-electron chi connectivity index (χ3n) is 1.72. The molecular weight excluding hydrogens is 196 g/mol. The number of rotatable bonds is 6. The number of carboxylic acids is 1. The summed E-state index contributed by atoms with van der Waals surface area (Å²) in [6, 6.07) is 9.39. The van der Waals surface area contributed by atoms with Crippen LogP contribution in [0.25, 0.3) is 0 Å². The first-order valence-corrected chi connectivity index (χ1v) is 4.53. The van der Waals surface area contributed by atoms with E-state index in [1.807, 2.05) is 30.3 Å². The molecule has 1 N–H and O–H groups in total. The van der Waals surface area contributed by atoms with Crippen LogP contribution in [0, 0.1) is 0 Å². The monoisotopic (exact) mass is 208 g/mol. The van der Waals surface area contributed by atoms with E-state index >= 15 is 0 Å². The Morgan fingerprint density at radius 3 is 2.47 bits per heavy atom. The summed E-state index contributed by atoms with van der Waals surface area (Å²) < 4.78 is 5.07. The molecule has 0 saturated carbocycles. The molecule has 0 bridgehead atoms. The Morgan fingerprint density at radius 1 is 1.20 bits per heavy atom. The molecule has 0 spiro atoms. The van der Waals surface area contributed by atoms with Crippen molar-refractivity contribution in [2.75, 3.05) is 6.61 Å². The summed E-state index contributed by atoms with van der Waals surface area (Å²) in [4.78, 5) is 21.1. The quantitative estimate of drug-likeness (QED) is 0.714. The summed E-state index contributed by atoms with van der Waals surface area (Å²) >= 11 is 0. The minimum absolute atomic E-state index is 0.152. The van der Waals surface area contributed by atoms with Gasteiger partial charge in [0.1, 0.15) is 13.0 Å². The Bertz CT molecular complexity index is 332. The van der Waals surface area contributed by atoms with E-state index in [1.54, 1.807) is 0 Å². The van der Waals surface area contributed by atoms with E-state index in [4.69, 9.17) is 9.84 Å². The van der Waals surface area contributed by atoms with Crippen LogP contribution >= 0.6 is 0 Å². The molecule has 0 unspecified atom stereocenters. The molecule has 80 valence electrons. The lowest BCUT2D eigenvalue weighted by Crippen LogP contribution is -2.13. The van der Waals surface area contributed by atoms with Gasteiger partial charge in [0, 0.05) is 0 Å². The number of carbonyl (C=O) groups is 2. The van der Waals surface area contributed by atoms with Crippen LogP contribution in [-0.4, -0.2) is 23.5 Å². The fourth-order valence-corrected chi connectivity index (χ4v) is 1.08. The van der Waals surface area contributed by atoms with Gasteiger partial charge < -0.3 is 9.84 Å². The number of carboxylic acid groups (broad SMARTS) is 1. The third-order valence-corrected chi connectivity index (χ3v) is 1.72. The molecule has 0 radical (unpaired) electrons. The molecule has 0 saturated heterocycles. The van der Waals surface area contributed by atoms with Crippen LogP contribution in [0.3, 0.4) is 0 Å². The van der Waals surface area contributed by atoms with Crippen LogP contribution in [0.2, 0.25) is 0 Å². The van der Waals surface area contributed by atoms with Gasteiger partial charge in [-0.25, -0.2) is 0 Å². The van der Waals surface area contributed by atoms with Gasteiger partial charge in [0.25, 0.3) is 0 Å². The lowest BCUT2D eigenvalue weighted by atomic mass is 10.2. The largest absolute Gasteiger partial charge is 0.481 e. The van der Waals surface area contributed by atoms with E-state index in [0.717, 1.165) is 5.56 Å². The molecule has 1 aromatic rings. The highest BCUT2D eigenvalue weighted by Crippen LogP contribution is 2.00. The topological polar surface area (TPSA) is 63.6 Å². The van der Waals surface area contributed by atoms with Crippen LogP contribution in [0.4, 0.5) is 0 Å². The molecule has 15 heavy (non-hydrogen) atoms. The maximum atomic E-state index is 10.9. The molecule has 1 rings (SSSR count). The first kappa shape index (κ1) is 11.4. The van der Waals surface area contributed by atoms with Gasteiger partial charge in [-0.2, -0.15) is 0 Å². The molecule has 4 nitrogen and oxygen atoms in total. The molecule has 1 aromatic carbocycles. The van der Waals surface area contributed by atoms with Gasteiger partial charge in [-0.15, -0.1) is 0 Å². The molecule has 0 amide bonds. The maximum Gasteiger partial charge on any atom is 0.310 e. The average Bonchev–Trinajstić information content (AvgIpc) is 2.18. The average molecular weight is 208 g/mol. The molecule has 0 aliphatic carbocycles. The predicted octanol–water partition coefficient (Wildman–Crippen LogP) is 1.25. The van der Waals surface area contributed by atoms with Gasteiger partial charge in [-0.05, 0) is 5.56 Å². The Balaban J connectivity index is 2.22. The normalized spacial score (nSPS) is 9.87. The van der Waals surface area contributed by atoms with Gasteiger partial charge in [0.05, 0.1) is 6.61 Å². The smallest absolute Gasteiger partial charge is 0.310 e. The van der Waals surface area contributed by atoms with Gasteiger partial charge in [-0.1, -0.05) is 30.3 Å². The maximum absolute atomic E-state index is 10.9. The molecular formula is C11H12O4. The van der Waals surface area contributed by atoms with Gasteiger partial charge in [-0.3, -0.25) is 9.59 Å². The van der Waals surface area contributed by atoms with Crippen molar-refractivity contribution in [2.45, 2.75) is 13.0 Å². The number of carbonyl (C=O) groups excluding carboxylic acids is 1. The van der Waals surface area contributed by atoms with E-state index in [2.05, 4.69) is 0 Å². The molecule has 4 heteroatoms. The molecule has 0 fully saturated rings. The van der Waals surface area contributed by atoms with Crippen LogP contribution in [0.1, 0.15) is 12.0 Å². The van der Waals surface area contributed by atoms with Crippen molar-refractivity contribution in [2.24, 2.45) is 0 Å². The molecule has 0 heterocycles. The summed E-state index contributed by atoms with van der Waals surface area (Å²) in [7, 11) is 0. The van der Waals surface area contributed by atoms with Crippen molar-refractivity contribution >= 4 is 11.8 Å². The van der Waals surface area contributed by atoms with Crippen LogP contribution in [-0.2, 0) is 20.9 Å². The number of ketones is 1. The van der Waals surface area contributed by atoms with Crippen LogP contribution in [0.15, 0.2) is 30.3 Å². The lowest BCUT2D eigenvalue weighted by Gasteiger charge is -2.02. The highest BCUT2D eigenvalue weighted by Gasteiger charge is 2.07. The minimum Gasteiger partial charge on any atom is -0.481 e. The summed E-state index contributed by atoms with van der Waals surface area (Å²) in [6.45, 7) is 0.174. The number of benzene rings is 1. The highest BCUT2D eigenvalue weighted by atomic mass is 16.5. The minimum atomic E-state index is -1.12. The Hall–Kier alpha value is -1.68. The number of Topliss-reactive ketones (excluding diaryl/α,β-unsaturated/α-hetero) is 1. The zero-order chi connectivity index (χ0) is 11.1. The lowest BCUT2D eigenvalue weighted by molar-refractivity contribution is -0.141. The standard InChI is InChI=1S/C11H12O4/c12-10(6-11(13)14)8-15-7-9-4-2-1-3-5-9/h1-5H,6-8H2,(H,13,14). The third kappa shape index (κ3) is 4.93. The molecule has 0 aromatic heterocycles. The van der Waals surface area contributed by atoms with E-state index < -0.39 is 18.2 Å². The number of hydrogen-bond acceptors (Lipinski definition) is 3. The Labute approximate surface area is 87.5 Å². The first-order valence-electron chi connectivity index (χ1n) is 4.53. The number of aliphatic carboxylic acids is 1. The van der Waals surface area contributed by atoms with E-state index in [0.29, 0.717) is 6.61 Å². The van der Waals surface area contributed by atoms with Crippen molar-refractivity contribution in [3.05, 3.63) is 35.9 Å². The van der Waals surface area contributed by atoms with Crippen molar-refractivity contribution in [1.82, 2.24) is 0 Å². The molecule has 0 aliphatic rings. The van der Waals surface area contributed by atoms with Crippen molar-refractivity contribution in [3.63, 3.8) is 0 Å². The summed E-state index contributed by atoms with van der Waals surface area (Å²) in [5.74, 6) is -1.54. The zero-order valence-corrected chi connectivity index (χ0v) is 8.18. The van der Waals surface area contributed by atoms with Crippen molar-refractivity contribution < 1.29 is 19.4 Å². The summed E-state index contributed by atoms with van der Waals surface area (Å²) in [5, 5.41) is 8.32. The second kappa shape index (κ2) is 5.93. The van der Waals surface area contributed by atoms with Crippen LogP contribution in [0.5, 0.6) is 0 Å². The summed E-state index contributed by atoms with van der Waals surface area (Å²) in [6.07, 6.45) is -0.477. The second-order valence-electron chi connectivity index (χ2n) is 3.09. The van der Waals surface area contributed by atoms with Gasteiger partial charge in [0.2, 0.25) is 0 Å². The van der Waals surface area contributed by atoms with Crippen molar-refractivity contribution in [3.8, 4) is 0 Å². The van der Waals surface area contributed by atoms with Gasteiger partial charge >= 0.3 is 5.97 Å². The van der Waals surface area contributed by atoms with E-state index in [9.17, 15) is 9.59 Å². The molecule has 0 atom stereocenters. The van der Waals surface area contributed by atoms with Crippen LogP contribution < -0.4 is 0 Å². The van der Waals surface area contributed by atoms with Crippen molar-refractivity contribution in [1.29, 1.82) is 0 Å².